The molecule has 0 spiro atoms. The zero-order valence-electron chi connectivity index (χ0n) is 11.2. The molecule has 0 aliphatic carbocycles. The van der Waals surface area contributed by atoms with E-state index in [1.54, 1.807) is 0 Å². The van der Waals surface area contributed by atoms with E-state index in [0.717, 1.165) is 10.6 Å². The van der Waals surface area contributed by atoms with E-state index in [4.69, 9.17) is 11.6 Å². The Morgan fingerprint density at radius 3 is 2.39 bits per heavy atom. The molecule has 100 valence electrons. The second-order valence-electron chi connectivity index (χ2n) is 4.83. The summed E-state index contributed by atoms with van der Waals surface area (Å²) in [5.41, 5.74) is 1.11. The van der Waals surface area contributed by atoms with Gasteiger partial charge in [0.2, 0.25) is 5.91 Å². The molecule has 1 aromatic carbocycles. The van der Waals surface area contributed by atoms with Gasteiger partial charge in [-0.25, -0.2) is 0 Å². The van der Waals surface area contributed by atoms with E-state index in [0.29, 0.717) is 19.0 Å². The summed E-state index contributed by atoms with van der Waals surface area (Å²) in [6.45, 7) is 7.19. The molecule has 18 heavy (non-hydrogen) atoms. The average Bonchev–Trinajstić information content (AvgIpc) is 2.31. The van der Waals surface area contributed by atoms with E-state index < -0.39 is 0 Å². The Balaban J connectivity index is 2.25. The first kappa shape index (κ1) is 15.0. The van der Waals surface area contributed by atoms with Crippen LogP contribution in [-0.4, -0.2) is 18.5 Å². The molecule has 2 N–H and O–H groups in total. The van der Waals surface area contributed by atoms with Crippen molar-refractivity contribution < 1.29 is 4.79 Å². The van der Waals surface area contributed by atoms with Crippen LogP contribution in [0.3, 0.4) is 0 Å². The number of carbonyl (C=O) groups excluding carboxylic acids is 1. The van der Waals surface area contributed by atoms with Crippen molar-refractivity contribution in [3.8, 4) is 0 Å². The molecule has 0 aliphatic heterocycles. The van der Waals surface area contributed by atoms with Gasteiger partial charge in [-0.05, 0) is 30.5 Å². The molecule has 1 aromatic rings. The number of rotatable bonds is 6. The summed E-state index contributed by atoms with van der Waals surface area (Å²) in [5.74, 6) is 0.482. The summed E-state index contributed by atoms with van der Waals surface area (Å²) in [6, 6.07) is 7.79. The van der Waals surface area contributed by atoms with E-state index in [1.807, 2.05) is 31.2 Å². The van der Waals surface area contributed by atoms with Crippen LogP contribution in [0.25, 0.3) is 0 Å². The topological polar surface area (TPSA) is 41.1 Å². The Bertz CT molecular complexity index is 376. The maximum Gasteiger partial charge on any atom is 0.234 e. The first-order chi connectivity index (χ1) is 8.49. The molecule has 1 atom stereocenters. The molecular weight excluding hydrogens is 248 g/mol. The summed E-state index contributed by atoms with van der Waals surface area (Å²) in [5, 5.41) is 6.79. The van der Waals surface area contributed by atoms with Gasteiger partial charge in [-0.1, -0.05) is 37.6 Å². The number of hydrogen-bond acceptors (Lipinski definition) is 2. The quantitative estimate of drug-likeness (QED) is 0.833. The molecule has 0 bridgehead atoms. The van der Waals surface area contributed by atoms with E-state index >= 15 is 0 Å². The molecule has 4 heteroatoms. The van der Waals surface area contributed by atoms with Crippen LogP contribution in [-0.2, 0) is 11.3 Å². The van der Waals surface area contributed by atoms with Gasteiger partial charge in [-0.15, -0.1) is 0 Å². The Hall–Kier alpha value is -1.06. The van der Waals surface area contributed by atoms with Gasteiger partial charge in [-0.2, -0.15) is 0 Å². The van der Waals surface area contributed by atoms with E-state index in [-0.39, 0.29) is 11.9 Å². The minimum Gasteiger partial charge on any atom is -0.352 e. The largest absolute Gasteiger partial charge is 0.352 e. The summed E-state index contributed by atoms with van der Waals surface area (Å²) >= 11 is 5.80. The van der Waals surface area contributed by atoms with Crippen molar-refractivity contribution in [3.63, 3.8) is 0 Å². The minimum absolute atomic E-state index is 0.0326. The van der Waals surface area contributed by atoms with Crippen LogP contribution < -0.4 is 10.6 Å². The molecule has 0 saturated heterocycles. The summed E-state index contributed by atoms with van der Waals surface area (Å²) in [6.07, 6.45) is 0. The van der Waals surface area contributed by atoms with Gasteiger partial charge in [-0.3, -0.25) is 4.79 Å². The predicted molar refractivity (Wildman–Crippen MR) is 75.6 cm³/mol. The molecule has 1 unspecified atom stereocenters. The Kier molecular flexibility index (Phi) is 6.16. The maximum atomic E-state index is 11.6. The van der Waals surface area contributed by atoms with Crippen LogP contribution in [0.15, 0.2) is 24.3 Å². The number of amides is 1. The number of carbonyl (C=O) groups is 1. The normalized spacial score (nSPS) is 12.5. The third-order valence-corrected chi connectivity index (χ3v) is 3.17. The molecule has 0 radical (unpaired) electrons. The molecule has 1 amide bonds. The number of nitrogens with one attached hydrogen (secondary N) is 2. The molecule has 0 aliphatic rings. The van der Waals surface area contributed by atoms with Crippen molar-refractivity contribution in [2.45, 2.75) is 33.4 Å². The third kappa shape index (κ3) is 5.52. The predicted octanol–water partition coefficient (Wildman–Crippen LogP) is 2.59. The highest BCUT2D eigenvalue weighted by Crippen LogP contribution is 2.08. The van der Waals surface area contributed by atoms with Crippen molar-refractivity contribution in [3.05, 3.63) is 34.9 Å². The second-order valence-corrected chi connectivity index (χ2v) is 5.27. The van der Waals surface area contributed by atoms with Gasteiger partial charge in [0, 0.05) is 17.6 Å². The third-order valence-electron chi connectivity index (χ3n) is 2.92. The highest BCUT2D eigenvalue weighted by molar-refractivity contribution is 6.30. The van der Waals surface area contributed by atoms with Crippen molar-refractivity contribution in [1.29, 1.82) is 0 Å². The van der Waals surface area contributed by atoms with Gasteiger partial charge in [0.05, 0.1) is 6.54 Å². The van der Waals surface area contributed by atoms with Crippen LogP contribution >= 0.6 is 11.6 Å². The van der Waals surface area contributed by atoms with Gasteiger partial charge >= 0.3 is 0 Å². The van der Waals surface area contributed by atoms with Crippen molar-refractivity contribution in [1.82, 2.24) is 10.6 Å². The fourth-order valence-electron chi connectivity index (χ4n) is 1.39. The maximum absolute atomic E-state index is 11.6. The summed E-state index contributed by atoms with van der Waals surface area (Å²) in [7, 11) is 0. The fourth-order valence-corrected chi connectivity index (χ4v) is 1.52. The highest BCUT2D eigenvalue weighted by Gasteiger charge is 2.09. The fraction of sp³-hybridized carbons (Fsp3) is 0.500. The lowest BCUT2D eigenvalue weighted by Gasteiger charge is -2.17. The lowest BCUT2D eigenvalue weighted by atomic mass is 10.1. The smallest absolute Gasteiger partial charge is 0.234 e. The Morgan fingerprint density at radius 2 is 1.83 bits per heavy atom. The molecule has 0 heterocycles. The van der Waals surface area contributed by atoms with Crippen LogP contribution in [0.5, 0.6) is 0 Å². The molecule has 0 saturated carbocycles. The van der Waals surface area contributed by atoms with Crippen LogP contribution in [0.2, 0.25) is 5.02 Å². The zero-order valence-corrected chi connectivity index (χ0v) is 11.9. The van der Waals surface area contributed by atoms with Crippen molar-refractivity contribution in [2.24, 2.45) is 5.92 Å². The van der Waals surface area contributed by atoms with Crippen molar-refractivity contribution >= 4 is 17.5 Å². The monoisotopic (exact) mass is 268 g/mol. The lowest BCUT2D eigenvalue weighted by molar-refractivity contribution is -0.121. The van der Waals surface area contributed by atoms with Gasteiger partial charge in [0.15, 0.2) is 0 Å². The standard InChI is InChI=1S/C14H21ClN2O/c1-10(2)11(3)17-14(18)9-16-8-12-4-6-13(15)7-5-12/h4-7,10-11,16H,8-9H2,1-3H3,(H,17,18). The summed E-state index contributed by atoms with van der Waals surface area (Å²) < 4.78 is 0. The highest BCUT2D eigenvalue weighted by atomic mass is 35.5. The summed E-state index contributed by atoms with van der Waals surface area (Å²) in [4.78, 5) is 11.6. The molecule has 0 aromatic heterocycles. The SMILES string of the molecule is CC(C)C(C)NC(=O)CNCc1ccc(Cl)cc1. The first-order valence-electron chi connectivity index (χ1n) is 6.23. The Morgan fingerprint density at radius 1 is 1.22 bits per heavy atom. The van der Waals surface area contributed by atoms with Gasteiger partial charge in [0.25, 0.3) is 0 Å². The van der Waals surface area contributed by atoms with Gasteiger partial charge < -0.3 is 10.6 Å². The Labute approximate surface area is 114 Å². The molecule has 3 nitrogen and oxygen atoms in total. The van der Waals surface area contributed by atoms with Crippen LogP contribution in [0, 0.1) is 5.92 Å². The van der Waals surface area contributed by atoms with E-state index in [1.165, 1.54) is 0 Å². The van der Waals surface area contributed by atoms with Crippen LogP contribution in [0.1, 0.15) is 26.3 Å². The minimum atomic E-state index is 0.0326. The lowest BCUT2D eigenvalue weighted by Crippen LogP contribution is -2.41. The van der Waals surface area contributed by atoms with Crippen molar-refractivity contribution in [2.75, 3.05) is 6.54 Å². The molecular formula is C14H21ClN2O. The second kappa shape index (κ2) is 7.39. The van der Waals surface area contributed by atoms with E-state index in [2.05, 4.69) is 24.5 Å². The van der Waals surface area contributed by atoms with Crippen LogP contribution in [0.4, 0.5) is 0 Å². The zero-order chi connectivity index (χ0) is 13.5. The number of halogens is 1. The van der Waals surface area contributed by atoms with E-state index in [9.17, 15) is 4.79 Å². The molecule has 1 rings (SSSR count). The first-order valence-corrected chi connectivity index (χ1v) is 6.61. The average molecular weight is 269 g/mol. The molecule has 0 fully saturated rings. The van der Waals surface area contributed by atoms with Gasteiger partial charge in [0.1, 0.15) is 0 Å². The number of hydrogen-bond donors (Lipinski definition) is 2. The number of benzene rings is 1.